The number of methoxy groups -OCH3 is 1. The number of aromatic nitrogens is 5. The number of aryl methyl sites for hydroxylation is 1. The van der Waals surface area contributed by atoms with Gasteiger partial charge in [0, 0.05) is 36.5 Å². The quantitative estimate of drug-likeness (QED) is 0.674. The van der Waals surface area contributed by atoms with Gasteiger partial charge in [0.1, 0.15) is 10.7 Å². The summed E-state index contributed by atoms with van der Waals surface area (Å²) in [6, 6.07) is 1.60. The van der Waals surface area contributed by atoms with Crippen LogP contribution in [0.3, 0.4) is 0 Å². The van der Waals surface area contributed by atoms with Gasteiger partial charge in [0.15, 0.2) is 0 Å². The molecule has 0 saturated heterocycles. The third-order valence-electron chi connectivity index (χ3n) is 2.82. The molecule has 3 aromatic rings. The minimum atomic E-state index is -0.386. The van der Waals surface area contributed by atoms with Crippen molar-refractivity contribution < 1.29 is 9.53 Å². The molecule has 0 atom stereocenters. The topological polar surface area (TPSA) is 107 Å². The Bertz CT molecular complexity index is 829. The summed E-state index contributed by atoms with van der Waals surface area (Å²) in [5.74, 6) is 0.229. The van der Waals surface area contributed by atoms with Gasteiger partial charge in [0.2, 0.25) is 11.8 Å². The largest absolute Gasteiger partial charge is 0.481 e. The number of amides is 1. The van der Waals surface area contributed by atoms with Crippen LogP contribution in [0.2, 0.25) is 0 Å². The number of thiazole rings is 1. The fourth-order valence-electron chi connectivity index (χ4n) is 1.74. The molecule has 23 heavy (non-hydrogen) atoms. The number of carbonyl (C=O) groups excluding carboxylic acids is 1. The number of hydrogen-bond donors (Lipinski definition) is 2. The fraction of sp³-hybridized carbons (Fsp3) is 0.154. The van der Waals surface area contributed by atoms with Crippen LogP contribution in [0.5, 0.6) is 5.88 Å². The summed E-state index contributed by atoms with van der Waals surface area (Å²) in [6.45, 7) is 0. The molecule has 0 unspecified atom stereocenters. The zero-order valence-electron chi connectivity index (χ0n) is 12.3. The Kier molecular flexibility index (Phi) is 4.15. The first-order valence-electron chi connectivity index (χ1n) is 6.53. The van der Waals surface area contributed by atoms with Gasteiger partial charge in [-0.15, -0.1) is 11.3 Å². The Labute approximate surface area is 135 Å². The molecule has 10 heteroatoms. The van der Waals surface area contributed by atoms with Crippen LogP contribution >= 0.6 is 11.3 Å². The molecule has 0 radical (unpaired) electrons. The highest BCUT2D eigenvalue weighted by molar-refractivity contribution is 7.13. The lowest BCUT2D eigenvalue weighted by atomic mass is 10.4. The highest BCUT2D eigenvalue weighted by atomic mass is 32.1. The highest BCUT2D eigenvalue weighted by Gasteiger charge is 2.13. The molecular weight excluding hydrogens is 318 g/mol. The van der Waals surface area contributed by atoms with Crippen molar-refractivity contribution in [2.45, 2.75) is 0 Å². The third-order valence-corrected chi connectivity index (χ3v) is 3.71. The predicted octanol–water partition coefficient (Wildman–Crippen LogP) is 1.10. The number of hydrogen-bond acceptors (Lipinski definition) is 8. The summed E-state index contributed by atoms with van der Waals surface area (Å²) in [7, 11) is 3.32. The van der Waals surface area contributed by atoms with Crippen LogP contribution < -0.4 is 15.6 Å². The molecule has 0 fully saturated rings. The summed E-state index contributed by atoms with van der Waals surface area (Å²) in [5, 5.41) is 6.48. The zero-order valence-corrected chi connectivity index (χ0v) is 13.2. The standard InChI is InChI=1S/C13H13N7O2S/c1-20-6-8(5-15-20)12-16-9(7-23-12)11(21)18-19-13-14-4-3-10(17-13)22-2/h3-7H,1-2H3,(H,18,21)(H,14,17,19). The van der Waals surface area contributed by atoms with E-state index in [1.54, 1.807) is 22.3 Å². The SMILES string of the molecule is COc1ccnc(NNC(=O)c2csc(-c3cnn(C)c3)n2)n1. The first kappa shape index (κ1) is 14.9. The molecule has 2 N–H and O–H groups in total. The summed E-state index contributed by atoms with van der Waals surface area (Å²) >= 11 is 1.37. The van der Waals surface area contributed by atoms with E-state index in [0.717, 1.165) is 10.6 Å². The van der Waals surface area contributed by atoms with Gasteiger partial charge in [-0.05, 0) is 0 Å². The minimum Gasteiger partial charge on any atom is -0.481 e. The van der Waals surface area contributed by atoms with Crippen LogP contribution in [0.15, 0.2) is 30.0 Å². The van der Waals surface area contributed by atoms with Crippen molar-refractivity contribution in [2.75, 3.05) is 12.5 Å². The summed E-state index contributed by atoms with van der Waals surface area (Å²) in [5.41, 5.74) is 6.26. The maximum atomic E-state index is 12.1. The van der Waals surface area contributed by atoms with Gasteiger partial charge in [0.25, 0.3) is 5.91 Å². The van der Waals surface area contributed by atoms with E-state index in [2.05, 4.69) is 30.9 Å². The van der Waals surface area contributed by atoms with Crippen molar-refractivity contribution in [2.24, 2.45) is 7.05 Å². The highest BCUT2D eigenvalue weighted by Crippen LogP contribution is 2.22. The van der Waals surface area contributed by atoms with Crippen molar-refractivity contribution in [3.8, 4) is 16.5 Å². The average Bonchev–Trinajstić information content (AvgIpc) is 3.21. The van der Waals surface area contributed by atoms with E-state index in [0.29, 0.717) is 11.6 Å². The van der Waals surface area contributed by atoms with Gasteiger partial charge in [-0.3, -0.25) is 20.3 Å². The van der Waals surface area contributed by atoms with Gasteiger partial charge in [-0.2, -0.15) is 10.1 Å². The van der Waals surface area contributed by atoms with E-state index < -0.39 is 0 Å². The number of carbonyl (C=O) groups is 1. The molecular formula is C13H13N7O2S. The second-order valence-corrected chi connectivity index (χ2v) is 5.30. The molecule has 0 aliphatic rings. The van der Waals surface area contributed by atoms with Crippen LogP contribution in [0.25, 0.3) is 10.6 Å². The van der Waals surface area contributed by atoms with Gasteiger partial charge in [0.05, 0.1) is 13.3 Å². The maximum Gasteiger partial charge on any atom is 0.289 e. The molecule has 0 bridgehead atoms. The monoisotopic (exact) mass is 331 g/mol. The van der Waals surface area contributed by atoms with E-state index in [-0.39, 0.29) is 11.9 Å². The number of anilines is 1. The molecule has 3 aromatic heterocycles. The van der Waals surface area contributed by atoms with E-state index >= 15 is 0 Å². The van der Waals surface area contributed by atoms with E-state index in [1.165, 1.54) is 24.6 Å². The second kappa shape index (κ2) is 6.40. The van der Waals surface area contributed by atoms with Gasteiger partial charge >= 0.3 is 0 Å². The first-order valence-corrected chi connectivity index (χ1v) is 7.41. The lowest BCUT2D eigenvalue weighted by Crippen LogP contribution is -2.30. The summed E-state index contributed by atoms with van der Waals surface area (Å²) in [6.07, 6.45) is 5.05. The van der Waals surface area contributed by atoms with Crippen LogP contribution in [-0.2, 0) is 7.05 Å². The van der Waals surface area contributed by atoms with Gasteiger partial charge < -0.3 is 4.74 Å². The Morgan fingerprint density at radius 2 is 2.26 bits per heavy atom. The molecule has 118 valence electrons. The lowest BCUT2D eigenvalue weighted by molar-refractivity contribution is 0.0958. The normalized spacial score (nSPS) is 10.3. The number of nitrogens with zero attached hydrogens (tertiary/aromatic N) is 5. The summed E-state index contributed by atoms with van der Waals surface area (Å²) < 4.78 is 6.66. The van der Waals surface area contributed by atoms with Crippen LogP contribution in [0.1, 0.15) is 10.5 Å². The van der Waals surface area contributed by atoms with Crippen molar-refractivity contribution in [1.29, 1.82) is 0 Å². The van der Waals surface area contributed by atoms with Gasteiger partial charge in [-0.25, -0.2) is 9.97 Å². The molecule has 3 heterocycles. The maximum absolute atomic E-state index is 12.1. The zero-order chi connectivity index (χ0) is 16.2. The third kappa shape index (κ3) is 3.43. The molecule has 0 aromatic carbocycles. The number of rotatable bonds is 5. The molecule has 0 aliphatic carbocycles. The van der Waals surface area contributed by atoms with Crippen LogP contribution in [-0.4, -0.2) is 37.7 Å². The molecule has 3 rings (SSSR count). The number of nitrogens with one attached hydrogen (secondary N) is 2. The Morgan fingerprint density at radius 1 is 1.39 bits per heavy atom. The second-order valence-electron chi connectivity index (χ2n) is 4.44. The molecule has 1 amide bonds. The van der Waals surface area contributed by atoms with Crippen molar-refractivity contribution in [3.63, 3.8) is 0 Å². The van der Waals surface area contributed by atoms with Crippen molar-refractivity contribution in [3.05, 3.63) is 35.7 Å². The summed E-state index contributed by atoms with van der Waals surface area (Å²) in [4.78, 5) is 24.4. The smallest absolute Gasteiger partial charge is 0.289 e. The fourth-order valence-corrected chi connectivity index (χ4v) is 2.51. The average molecular weight is 331 g/mol. The van der Waals surface area contributed by atoms with Crippen LogP contribution in [0.4, 0.5) is 5.95 Å². The number of hydrazine groups is 1. The number of ether oxygens (including phenoxy) is 1. The molecule has 0 saturated carbocycles. The van der Waals surface area contributed by atoms with Crippen molar-refractivity contribution >= 4 is 23.2 Å². The Morgan fingerprint density at radius 3 is 3.00 bits per heavy atom. The molecule has 9 nitrogen and oxygen atoms in total. The van der Waals surface area contributed by atoms with E-state index in [1.807, 2.05) is 13.2 Å². The molecule has 0 spiro atoms. The Hall–Kier alpha value is -3.01. The first-order chi connectivity index (χ1) is 11.2. The van der Waals surface area contributed by atoms with Gasteiger partial charge in [-0.1, -0.05) is 0 Å². The van der Waals surface area contributed by atoms with E-state index in [4.69, 9.17) is 4.74 Å². The van der Waals surface area contributed by atoms with Crippen LogP contribution in [0, 0.1) is 0 Å². The van der Waals surface area contributed by atoms with E-state index in [9.17, 15) is 4.79 Å². The predicted molar refractivity (Wildman–Crippen MR) is 84.0 cm³/mol. The Balaban J connectivity index is 1.65. The van der Waals surface area contributed by atoms with Crippen molar-refractivity contribution in [1.82, 2.24) is 30.2 Å². The lowest BCUT2D eigenvalue weighted by Gasteiger charge is -2.06. The molecule has 0 aliphatic heterocycles. The minimum absolute atomic E-state index is 0.223.